The normalized spacial score (nSPS) is 9.67. The lowest BCUT2D eigenvalue weighted by Crippen LogP contribution is -2.21. The minimum absolute atomic E-state index is 0.0522. The molecule has 0 amide bonds. The van der Waals surface area contributed by atoms with Gasteiger partial charge in [0.15, 0.2) is 0 Å². The van der Waals surface area contributed by atoms with Crippen LogP contribution in [0.4, 0.5) is 0 Å². The van der Waals surface area contributed by atoms with Crippen molar-refractivity contribution in [3.8, 4) is 0 Å². The smallest absolute Gasteiger partial charge is 0.426 e. The standard InChI is InChI=1S/C4H11BO4/c1-8-2-3-9-4-5(6)7/h6-7H,2-4H2,1H3. The summed E-state index contributed by atoms with van der Waals surface area (Å²) in [6.07, 6.45) is 0. The summed E-state index contributed by atoms with van der Waals surface area (Å²) in [6.45, 7) is 0.824. The van der Waals surface area contributed by atoms with Crippen LogP contribution in [0, 0.1) is 0 Å². The Hall–Kier alpha value is -0.0951. The topological polar surface area (TPSA) is 58.9 Å². The molecule has 2 N–H and O–H groups in total. The van der Waals surface area contributed by atoms with E-state index in [1.165, 1.54) is 0 Å². The predicted molar refractivity (Wildman–Crippen MR) is 32.9 cm³/mol. The Labute approximate surface area is 54.5 Å². The van der Waals surface area contributed by atoms with Gasteiger partial charge in [0.1, 0.15) is 0 Å². The van der Waals surface area contributed by atoms with Gasteiger partial charge in [-0.2, -0.15) is 0 Å². The average Bonchev–Trinajstić information content (AvgIpc) is 1.80. The minimum atomic E-state index is -1.37. The van der Waals surface area contributed by atoms with Crippen molar-refractivity contribution >= 4 is 7.12 Å². The van der Waals surface area contributed by atoms with Gasteiger partial charge in [0, 0.05) is 7.11 Å². The molecule has 0 radical (unpaired) electrons. The van der Waals surface area contributed by atoms with Crippen LogP contribution in [0.5, 0.6) is 0 Å². The first-order valence-corrected chi connectivity index (χ1v) is 2.70. The Morgan fingerprint density at radius 1 is 1.33 bits per heavy atom. The van der Waals surface area contributed by atoms with Crippen molar-refractivity contribution in [2.45, 2.75) is 0 Å². The van der Waals surface area contributed by atoms with Crippen LogP contribution in [-0.4, -0.2) is 44.0 Å². The Morgan fingerprint density at radius 3 is 2.44 bits per heavy atom. The van der Waals surface area contributed by atoms with Crippen LogP contribution in [0.25, 0.3) is 0 Å². The highest BCUT2D eigenvalue weighted by molar-refractivity contribution is 6.40. The highest BCUT2D eigenvalue weighted by Crippen LogP contribution is 1.76. The second-order valence-electron chi connectivity index (χ2n) is 1.55. The molecule has 5 heteroatoms. The van der Waals surface area contributed by atoms with Crippen molar-refractivity contribution in [2.75, 3.05) is 26.8 Å². The summed E-state index contributed by atoms with van der Waals surface area (Å²) >= 11 is 0. The zero-order valence-corrected chi connectivity index (χ0v) is 5.41. The Morgan fingerprint density at radius 2 is 2.00 bits per heavy atom. The van der Waals surface area contributed by atoms with Gasteiger partial charge < -0.3 is 19.5 Å². The molecule has 0 fully saturated rings. The molecule has 0 spiro atoms. The highest BCUT2D eigenvalue weighted by atomic mass is 16.5. The van der Waals surface area contributed by atoms with E-state index in [1.807, 2.05) is 0 Å². The molecule has 0 aromatic heterocycles. The van der Waals surface area contributed by atoms with Crippen molar-refractivity contribution in [3.63, 3.8) is 0 Å². The van der Waals surface area contributed by atoms with E-state index in [9.17, 15) is 0 Å². The summed E-state index contributed by atoms with van der Waals surface area (Å²) < 4.78 is 9.35. The molecule has 0 bridgehead atoms. The van der Waals surface area contributed by atoms with Crippen LogP contribution in [0.15, 0.2) is 0 Å². The first-order chi connectivity index (χ1) is 4.27. The van der Waals surface area contributed by atoms with Crippen molar-refractivity contribution in [3.05, 3.63) is 0 Å². The maximum absolute atomic E-state index is 8.24. The van der Waals surface area contributed by atoms with Gasteiger partial charge in [0.05, 0.1) is 19.7 Å². The van der Waals surface area contributed by atoms with Crippen molar-refractivity contribution in [2.24, 2.45) is 0 Å². The van der Waals surface area contributed by atoms with E-state index in [0.717, 1.165) is 0 Å². The molecule has 0 aliphatic carbocycles. The molecule has 0 saturated heterocycles. The van der Waals surface area contributed by atoms with E-state index in [0.29, 0.717) is 13.2 Å². The number of hydrogen-bond acceptors (Lipinski definition) is 4. The van der Waals surface area contributed by atoms with Gasteiger partial charge in [0.2, 0.25) is 0 Å². The lowest BCUT2D eigenvalue weighted by Gasteiger charge is -2.00. The Bertz CT molecular complexity index is 58.5. The van der Waals surface area contributed by atoms with Gasteiger partial charge in [-0.15, -0.1) is 0 Å². The molecule has 0 aliphatic rings. The molecule has 0 saturated carbocycles. The summed E-state index contributed by atoms with van der Waals surface area (Å²) in [6, 6.07) is 0. The van der Waals surface area contributed by atoms with Crippen molar-refractivity contribution in [1.82, 2.24) is 0 Å². The summed E-state index contributed by atoms with van der Waals surface area (Å²) in [5, 5.41) is 16.5. The number of hydrogen-bond donors (Lipinski definition) is 2. The summed E-state index contributed by atoms with van der Waals surface area (Å²) in [4.78, 5) is 0. The van der Waals surface area contributed by atoms with Gasteiger partial charge in [-0.3, -0.25) is 0 Å². The monoisotopic (exact) mass is 134 g/mol. The largest absolute Gasteiger partial charge is 0.479 e. The van der Waals surface area contributed by atoms with Gasteiger partial charge in [-0.1, -0.05) is 0 Å². The predicted octanol–water partition coefficient (Wildman–Crippen LogP) is -1.34. The van der Waals surface area contributed by atoms with E-state index in [4.69, 9.17) is 14.8 Å². The molecule has 9 heavy (non-hydrogen) atoms. The van der Waals surface area contributed by atoms with E-state index in [-0.39, 0.29) is 6.51 Å². The number of rotatable bonds is 5. The van der Waals surface area contributed by atoms with Crippen molar-refractivity contribution < 1.29 is 19.5 Å². The zero-order chi connectivity index (χ0) is 7.11. The number of ether oxygens (including phenoxy) is 2. The average molecular weight is 134 g/mol. The second-order valence-corrected chi connectivity index (χ2v) is 1.55. The molecular weight excluding hydrogens is 123 g/mol. The van der Waals surface area contributed by atoms with Crippen LogP contribution < -0.4 is 0 Å². The molecule has 0 aromatic rings. The fraction of sp³-hybridized carbons (Fsp3) is 1.00. The van der Waals surface area contributed by atoms with Gasteiger partial charge in [-0.25, -0.2) is 0 Å². The van der Waals surface area contributed by atoms with E-state index < -0.39 is 7.12 Å². The molecule has 0 heterocycles. The van der Waals surface area contributed by atoms with Crippen LogP contribution in [0.1, 0.15) is 0 Å². The maximum atomic E-state index is 8.24. The third-order valence-electron chi connectivity index (χ3n) is 0.699. The lowest BCUT2D eigenvalue weighted by molar-refractivity contribution is 0.0832. The summed E-state index contributed by atoms with van der Waals surface area (Å²) in [5.41, 5.74) is 0. The third kappa shape index (κ3) is 7.90. The quantitative estimate of drug-likeness (QED) is 0.361. The molecule has 0 unspecified atom stereocenters. The van der Waals surface area contributed by atoms with Crippen LogP contribution in [0.3, 0.4) is 0 Å². The first-order valence-electron chi connectivity index (χ1n) is 2.70. The van der Waals surface area contributed by atoms with Crippen LogP contribution >= 0.6 is 0 Å². The molecule has 0 aromatic carbocycles. The Balaban J connectivity index is 2.75. The molecule has 0 atom stereocenters. The summed E-state index contributed by atoms with van der Waals surface area (Å²) in [7, 11) is 0.181. The number of methoxy groups -OCH3 is 1. The molecule has 0 rings (SSSR count). The molecular formula is C4H11BO4. The van der Waals surface area contributed by atoms with Gasteiger partial charge in [-0.05, 0) is 0 Å². The van der Waals surface area contributed by atoms with E-state index >= 15 is 0 Å². The minimum Gasteiger partial charge on any atom is -0.426 e. The van der Waals surface area contributed by atoms with Crippen LogP contribution in [0.2, 0.25) is 0 Å². The fourth-order valence-electron chi connectivity index (χ4n) is 0.331. The van der Waals surface area contributed by atoms with Gasteiger partial charge in [0.25, 0.3) is 0 Å². The third-order valence-corrected chi connectivity index (χ3v) is 0.699. The lowest BCUT2D eigenvalue weighted by atomic mass is 9.95. The summed E-state index contributed by atoms with van der Waals surface area (Å²) in [5.74, 6) is 0. The highest BCUT2D eigenvalue weighted by Gasteiger charge is 2.04. The zero-order valence-electron chi connectivity index (χ0n) is 5.41. The molecule has 0 aliphatic heterocycles. The van der Waals surface area contributed by atoms with Gasteiger partial charge >= 0.3 is 7.12 Å². The van der Waals surface area contributed by atoms with Crippen molar-refractivity contribution in [1.29, 1.82) is 0 Å². The van der Waals surface area contributed by atoms with E-state index in [1.54, 1.807) is 7.11 Å². The molecule has 4 nitrogen and oxygen atoms in total. The maximum Gasteiger partial charge on any atom is 0.479 e. The molecule has 54 valence electrons. The fourth-order valence-corrected chi connectivity index (χ4v) is 0.331. The first kappa shape index (κ1) is 8.90. The van der Waals surface area contributed by atoms with Crippen LogP contribution in [-0.2, 0) is 9.47 Å². The SMILES string of the molecule is COCCOCB(O)O. The van der Waals surface area contributed by atoms with E-state index in [2.05, 4.69) is 4.74 Å². The second kappa shape index (κ2) is 6.03. The Kier molecular flexibility index (Phi) is 5.97.